The second-order valence-electron chi connectivity index (χ2n) is 10.7. The summed E-state index contributed by atoms with van der Waals surface area (Å²) in [5.41, 5.74) is 2.45. The Bertz CT molecular complexity index is 1150. The third-order valence-corrected chi connectivity index (χ3v) is 6.70. The summed E-state index contributed by atoms with van der Waals surface area (Å²) in [5.74, 6) is -0.642. The van der Waals surface area contributed by atoms with E-state index in [1.165, 1.54) is 11.1 Å². The van der Waals surface area contributed by atoms with E-state index in [0.29, 0.717) is 112 Å². The van der Waals surface area contributed by atoms with Gasteiger partial charge in [-0.2, -0.15) is 0 Å². The van der Waals surface area contributed by atoms with Gasteiger partial charge in [-0.1, -0.05) is 34.9 Å². The van der Waals surface area contributed by atoms with Crippen molar-refractivity contribution in [2.24, 2.45) is 0 Å². The summed E-state index contributed by atoms with van der Waals surface area (Å²) >= 11 is 0. The fourth-order valence-electron chi connectivity index (χ4n) is 4.05. The van der Waals surface area contributed by atoms with Gasteiger partial charge in [-0.05, 0) is 30.3 Å². The quantitative estimate of drug-likeness (QED) is 0.0629. The molecule has 2 rings (SSSR count). The number of ketones is 1. The lowest BCUT2D eigenvalue weighted by molar-refractivity contribution is -0.389. The van der Waals surface area contributed by atoms with E-state index >= 15 is 0 Å². The van der Waals surface area contributed by atoms with Crippen molar-refractivity contribution in [3.05, 3.63) is 57.3 Å². The van der Waals surface area contributed by atoms with Gasteiger partial charge in [0.1, 0.15) is 5.78 Å². The van der Waals surface area contributed by atoms with E-state index in [0.717, 1.165) is 18.9 Å². The number of carbonyl (C=O) groups is 2. The third-order valence-electron chi connectivity index (χ3n) is 6.70. The first-order valence-electron chi connectivity index (χ1n) is 16.6. The van der Waals surface area contributed by atoms with Crippen molar-refractivity contribution in [3.8, 4) is 0 Å². The van der Waals surface area contributed by atoms with E-state index in [9.17, 15) is 19.7 Å². The number of aromatic nitrogens is 2. The van der Waals surface area contributed by atoms with Gasteiger partial charge >= 0.3 is 5.82 Å². The first kappa shape index (κ1) is 41.8. The zero-order valence-electron chi connectivity index (χ0n) is 28.5. The van der Waals surface area contributed by atoms with Gasteiger partial charge in [0.15, 0.2) is 5.69 Å². The van der Waals surface area contributed by atoms with Crippen LogP contribution in [0.3, 0.4) is 0 Å². The van der Waals surface area contributed by atoms with Gasteiger partial charge in [-0.25, -0.2) is 0 Å². The molecule has 1 aromatic heterocycles. The summed E-state index contributed by atoms with van der Waals surface area (Å²) in [5, 5.41) is 18.9. The third kappa shape index (κ3) is 22.8. The van der Waals surface area contributed by atoms with Crippen LogP contribution in [0.2, 0.25) is 0 Å². The number of ether oxygens (including phenoxy) is 8. The van der Waals surface area contributed by atoms with E-state index in [-0.39, 0.29) is 30.4 Å². The Balaban J connectivity index is 1.19. The number of aryl methyl sites for hydroxylation is 2. The second-order valence-corrected chi connectivity index (χ2v) is 10.7. The molecule has 1 aromatic carbocycles. The van der Waals surface area contributed by atoms with Crippen LogP contribution in [0.1, 0.15) is 40.9 Å². The average Bonchev–Trinajstić information content (AvgIpc) is 3.60. The molecule has 16 heteroatoms. The van der Waals surface area contributed by atoms with E-state index in [2.05, 4.69) is 46.7 Å². The maximum absolute atomic E-state index is 12.0. The smallest absolute Gasteiger partial charge is 0.343 e. The fraction of sp³-hybridized carbons (Fsp3) is 0.667. The molecule has 49 heavy (non-hydrogen) atoms. The molecule has 16 nitrogen and oxygen atoms in total. The van der Waals surface area contributed by atoms with E-state index in [1.54, 1.807) is 0 Å². The Morgan fingerprint density at radius 1 is 0.694 bits per heavy atom. The van der Waals surface area contributed by atoms with Crippen molar-refractivity contribution >= 4 is 17.5 Å². The first-order valence-corrected chi connectivity index (χ1v) is 16.6. The molecule has 0 aliphatic rings. The topological polar surface area (TPSA) is 192 Å². The van der Waals surface area contributed by atoms with E-state index < -0.39 is 10.8 Å². The summed E-state index contributed by atoms with van der Waals surface area (Å²) in [4.78, 5) is 33.8. The Labute approximate surface area is 287 Å². The van der Waals surface area contributed by atoms with Crippen LogP contribution in [-0.4, -0.2) is 139 Å². The largest absolute Gasteiger partial charge is 0.379 e. The van der Waals surface area contributed by atoms with Crippen molar-refractivity contribution in [3.63, 3.8) is 0 Å². The number of nitrogens with one attached hydrogen (secondary N) is 2. The molecule has 276 valence electrons. The number of benzene rings is 1. The first-order chi connectivity index (χ1) is 24.0. The van der Waals surface area contributed by atoms with Crippen LogP contribution in [0.4, 0.5) is 5.82 Å². The molecule has 0 fully saturated rings. The summed E-state index contributed by atoms with van der Waals surface area (Å²) in [6.45, 7) is 9.17. The minimum Gasteiger partial charge on any atom is -0.379 e. The normalized spacial score (nSPS) is 11.2. The highest BCUT2D eigenvalue weighted by atomic mass is 16.6. The zero-order chi connectivity index (χ0) is 35.2. The van der Waals surface area contributed by atoms with Gasteiger partial charge < -0.3 is 53.3 Å². The molecule has 2 aromatic rings. The summed E-state index contributed by atoms with van der Waals surface area (Å²) in [6.07, 6.45) is 2.80. The monoisotopic (exact) mass is 696 g/mol. The lowest BCUT2D eigenvalue weighted by Gasteiger charge is -2.09. The van der Waals surface area contributed by atoms with Crippen molar-refractivity contribution < 1.29 is 52.4 Å². The number of carbonyl (C=O) groups excluding carboxylic acids is 2. The van der Waals surface area contributed by atoms with Gasteiger partial charge in [0, 0.05) is 19.4 Å². The average molecular weight is 697 g/mol. The number of rotatable bonds is 33. The van der Waals surface area contributed by atoms with E-state index in [4.69, 9.17) is 37.9 Å². The lowest BCUT2D eigenvalue weighted by atomic mass is 10.0. The Morgan fingerprint density at radius 3 is 1.59 bits per heavy atom. The summed E-state index contributed by atoms with van der Waals surface area (Å²) in [7, 11) is 0. The Morgan fingerprint density at radius 2 is 1.14 bits per heavy atom. The zero-order valence-corrected chi connectivity index (χ0v) is 28.5. The molecule has 2 N–H and O–H groups in total. The van der Waals surface area contributed by atoms with Crippen LogP contribution < -0.4 is 5.32 Å². The molecule has 0 bridgehead atoms. The molecule has 0 aliphatic carbocycles. The SMILES string of the molecule is Cc1ccc(CCCC(=O)CCOCCOCCOCCOCCOCCOCCOCCOCCNC(=O)c2cc([N+](=O)[O-])[nH]n2)cc1. The summed E-state index contributed by atoms with van der Waals surface area (Å²) < 4.78 is 43.6. The minimum absolute atomic E-state index is 0.0599. The standard InChI is InChI=1S/C33H52N4O12/c1-28-5-7-29(8-6-28)3-2-4-30(38)9-11-42-13-15-44-17-19-46-21-23-48-25-26-49-24-22-47-20-18-45-16-14-43-12-10-34-33(39)31-27-32(36-35-31)37(40)41/h5-8,27H,2-4,9-26H2,1H3,(H,34,39)(H,35,36). The van der Waals surface area contributed by atoms with Crippen LogP contribution in [0.25, 0.3) is 0 Å². The van der Waals surface area contributed by atoms with Crippen molar-refractivity contribution in [1.82, 2.24) is 15.5 Å². The van der Waals surface area contributed by atoms with Crippen LogP contribution in [0.15, 0.2) is 30.3 Å². The van der Waals surface area contributed by atoms with Crippen molar-refractivity contribution in [2.75, 3.05) is 112 Å². The highest BCUT2D eigenvalue weighted by Crippen LogP contribution is 2.09. The van der Waals surface area contributed by atoms with Gasteiger partial charge in [0.2, 0.25) is 0 Å². The predicted molar refractivity (Wildman–Crippen MR) is 178 cm³/mol. The number of hydrogen-bond acceptors (Lipinski definition) is 13. The number of nitrogens with zero attached hydrogens (tertiary/aromatic N) is 2. The molecular formula is C33H52N4O12. The Kier molecular flexibility index (Phi) is 24.3. The maximum atomic E-state index is 12.0. The van der Waals surface area contributed by atoms with E-state index in [1.807, 2.05) is 0 Å². The molecule has 0 saturated heterocycles. The van der Waals surface area contributed by atoms with Crippen molar-refractivity contribution in [2.45, 2.75) is 32.6 Å². The van der Waals surface area contributed by atoms with Gasteiger partial charge in [-0.15, -0.1) is 5.10 Å². The molecule has 0 unspecified atom stereocenters. The van der Waals surface area contributed by atoms with Crippen LogP contribution >= 0.6 is 0 Å². The number of Topliss-reactive ketones (excluding diaryl/α,β-unsaturated/α-hetero) is 1. The summed E-state index contributed by atoms with van der Waals surface area (Å²) in [6, 6.07) is 9.50. The minimum atomic E-state index is -0.661. The maximum Gasteiger partial charge on any atom is 0.343 e. The van der Waals surface area contributed by atoms with Crippen LogP contribution in [-0.2, 0) is 49.1 Å². The number of hydrogen-bond donors (Lipinski definition) is 2. The van der Waals surface area contributed by atoms with Gasteiger partial charge in [-0.3, -0.25) is 9.59 Å². The van der Waals surface area contributed by atoms with Gasteiger partial charge in [0.25, 0.3) is 5.91 Å². The number of nitro groups is 1. The predicted octanol–water partition coefficient (Wildman–Crippen LogP) is 2.47. The molecule has 0 atom stereocenters. The lowest BCUT2D eigenvalue weighted by Crippen LogP contribution is -2.28. The number of H-pyrrole nitrogens is 1. The molecule has 0 aliphatic heterocycles. The molecule has 1 heterocycles. The highest BCUT2D eigenvalue weighted by molar-refractivity contribution is 5.92. The molecule has 1 amide bonds. The molecule has 0 spiro atoms. The molecular weight excluding hydrogens is 644 g/mol. The molecule has 0 saturated carbocycles. The van der Waals surface area contributed by atoms with Crippen molar-refractivity contribution in [1.29, 1.82) is 0 Å². The second kappa shape index (κ2) is 28.5. The molecule has 0 radical (unpaired) electrons. The fourth-order valence-corrected chi connectivity index (χ4v) is 4.05. The van der Waals surface area contributed by atoms with Crippen LogP contribution in [0.5, 0.6) is 0 Å². The van der Waals surface area contributed by atoms with Crippen LogP contribution in [0, 0.1) is 17.0 Å². The highest BCUT2D eigenvalue weighted by Gasteiger charge is 2.15. The number of amides is 1. The number of aromatic amines is 1. The van der Waals surface area contributed by atoms with Gasteiger partial charge in [0.05, 0.1) is 112 Å². The Hall–Kier alpha value is -3.35.